The summed E-state index contributed by atoms with van der Waals surface area (Å²) in [5, 5.41) is 0. The molecule has 1 amide bonds. The molecule has 1 aromatic carbocycles. The molecule has 1 aromatic rings. The lowest BCUT2D eigenvalue weighted by Gasteiger charge is -2.27. The summed E-state index contributed by atoms with van der Waals surface area (Å²) in [4.78, 5) is 25.2. The number of ether oxygens (including phenoxy) is 1. The van der Waals surface area contributed by atoms with Crippen molar-refractivity contribution in [2.24, 2.45) is 0 Å². The molecule has 112 valence electrons. The first-order valence-electron chi connectivity index (χ1n) is 7.04. The molecule has 0 saturated carbocycles. The van der Waals surface area contributed by atoms with Gasteiger partial charge in [0, 0.05) is 17.3 Å². The Balaban J connectivity index is 2.34. The molecular formula is C18H17NO3. The lowest BCUT2D eigenvalue weighted by Crippen LogP contribution is -2.40. The summed E-state index contributed by atoms with van der Waals surface area (Å²) in [6, 6.07) is 8.78. The first-order valence-corrected chi connectivity index (χ1v) is 7.04. The molecule has 1 aliphatic rings. The second-order valence-electron chi connectivity index (χ2n) is 4.66. The molecule has 4 nitrogen and oxygen atoms in total. The Morgan fingerprint density at radius 1 is 1.27 bits per heavy atom. The molecule has 1 atom stereocenters. The van der Waals surface area contributed by atoms with E-state index in [1.54, 1.807) is 25.3 Å². The van der Waals surface area contributed by atoms with Crippen LogP contribution in [-0.2, 0) is 9.53 Å². The van der Waals surface area contributed by atoms with Crippen molar-refractivity contribution < 1.29 is 14.3 Å². The van der Waals surface area contributed by atoms with Crippen LogP contribution in [0.25, 0.3) is 0 Å². The average Bonchev–Trinajstić information content (AvgIpc) is 2.53. The summed E-state index contributed by atoms with van der Waals surface area (Å²) in [6.45, 7) is 3.46. The van der Waals surface area contributed by atoms with Crippen molar-refractivity contribution in [1.82, 2.24) is 4.90 Å². The molecule has 1 heterocycles. The molecule has 0 bridgehead atoms. The number of ketones is 1. The minimum Gasteiger partial charge on any atom is -0.449 e. The monoisotopic (exact) mass is 295 g/mol. The predicted molar refractivity (Wildman–Crippen MR) is 83.9 cm³/mol. The Kier molecular flexibility index (Phi) is 5.16. The summed E-state index contributed by atoms with van der Waals surface area (Å²) >= 11 is 0. The third-order valence-electron chi connectivity index (χ3n) is 3.11. The van der Waals surface area contributed by atoms with Crippen LogP contribution >= 0.6 is 0 Å². The van der Waals surface area contributed by atoms with E-state index >= 15 is 0 Å². The molecule has 2 rings (SSSR count). The Bertz CT molecular complexity index is 677. The third-order valence-corrected chi connectivity index (χ3v) is 3.11. The van der Waals surface area contributed by atoms with Gasteiger partial charge in [-0.15, -0.1) is 0 Å². The van der Waals surface area contributed by atoms with Crippen LogP contribution in [0.5, 0.6) is 0 Å². The van der Waals surface area contributed by atoms with Crippen molar-refractivity contribution in [2.45, 2.75) is 19.9 Å². The zero-order valence-corrected chi connectivity index (χ0v) is 12.6. The summed E-state index contributed by atoms with van der Waals surface area (Å²) in [6.07, 6.45) is 4.39. The van der Waals surface area contributed by atoms with E-state index in [4.69, 9.17) is 4.74 Å². The molecule has 4 heteroatoms. The van der Waals surface area contributed by atoms with E-state index in [1.165, 1.54) is 11.8 Å². The van der Waals surface area contributed by atoms with Crippen molar-refractivity contribution in [3.8, 4) is 11.8 Å². The van der Waals surface area contributed by atoms with Crippen LogP contribution in [0.2, 0.25) is 0 Å². The number of hydrogen-bond donors (Lipinski definition) is 0. The van der Waals surface area contributed by atoms with E-state index < -0.39 is 12.1 Å². The van der Waals surface area contributed by atoms with E-state index in [9.17, 15) is 9.59 Å². The van der Waals surface area contributed by atoms with Crippen molar-refractivity contribution in [3.63, 3.8) is 0 Å². The fourth-order valence-electron chi connectivity index (χ4n) is 2.06. The molecule has 0 saturated heterocycles. The van der Waals surface area contributed by atoms with Gasteiger partial charge in [-0.2, -0.15) is 0 Å². The van der Waals surface area contributed by atoms with E-state index in [2.05, 4.69) is 11.8 Å². The number of carbonyl (C=O) groups is 2. The number of nitrogens with zero attached hydrogens (tertiary/aromatic N) is 1. The minimum absolute atomic E-state index is 0.119. The molecule has 0 aliphatic carbocycles. The van der Waals surface area contributed by atoms with Crippen LogP contribution in [-0.4, -0.2) is 29.4 Å². The zero-order chi connectivity index (χ0) is 15.9. The standard InChI is InChI=1S/C18H17NO3/c1-3-22-18(21)19-13-7-10-16(14(2)20)17(19)12-11-15-8-5-4-6-9-15/h4-10,13,17H,3H2,1-2H3. The van der Waals surface area contributed by atoms with Gasteiger partial charge in [-0.05, 0) is 32.1 Å². The van der Waals surface area contributed by atoms with Gasteiger partial charge >= 0.3 is 6.09 Å². The van der Waals surface area contributed by atoms with Crippen LogP contribution in [0.3, 0.4) is 0 Å². The van der Waals surface area contributed by atoms with E-state index in [0.29, 0.717) is 5.57 Å². The average molecular weight is 295 g/mol. The molecule has 0 N–H and O–H groups in total. The Morgan fingerprint density at radius 3 is 2.64 bits per heavy atom. The van der Waals surface area contributed by atoms with Gasteiger partial charge in [0.05, 0.1) is 6.61 Å². The van der Waals surface area contributed by atoms with Gasteiger partial charge in [-0.3, -0.25) is 9.69 Å². The largest absolute Gasteiger partial charge is 0.449 e. The molecular weight excluding hydrogens is 278 g/mol. The summed E-state index contributed by atoms with van der Waals surface area (Å²) in [5.74, 6) is 5.87. The second kappa shape index (κ2) is 7.28. The first-order chi connectivity index (χ1) is 10.6. The summed E-state index contributed by atoms with van der Waals surface area (Å²) in [7, 11) is 0. The number of amides is 1. The fourth-order valence-corrected chi connectivity index (χ4v) is 2.06. The van der Waals surface area contributed by atoms with Gasteiger partial charge in [-0.25, -0.2) is 4.79 Å². The Hall–Kier alpha value is -2.80. The van der Waals surface area contributed by atoms with Gasteiger partial charge in [0.15, 0.2) is 5.78 Å². The van der Waals surface area contributed by atoms with Crippen LogP contribution in [0.15, 0.2) is 54.3 Å². The number of carbonyl (C=O) groups excluding carboxylic acids is 2. The van der Waals surface area contributed by atoms with Gasteiger partial charge < -0.3 is 4.74 Å². The molecule has 0 radical (unpaired) electrons. The maximum Gasteiger partial charge on any atom is 0.415 e. The van der Waals surface area contributed by atoms with E-state index in [-0.39, 0.29) is 12.4 Å². The van der Waals surface area contributed by atoms with Crippen LogP contribution < -0.4 is 0 Å². The lowest BCUT2D eigenvalue weighted by atomic mass is 9.99. The van der Waals surface area contributed by atoms with Gasteiger partial charge in [0.2, 0.25) is 0 Å². The molecule has 22 heavy (non-hydrogen) atoms. The topological polar surface area (TPSA) is 46.6 Å². The third kappa shape index (κ3) is 3.64. The number of benzene rings is 1. The summed E-state index contributed by atoms with van der Waals surface area (Å²) < 4.78 is 5.02. The Labute approximate surface area is 130 Å². The molecule has 0 fully saturated rings. The normalized spacial score (nSPS) is 16.4. The Morgan fingerprint density at radius 2 is 2.00 bits per heavy atom. The van der Waals surface area contributed by atoms with Crippen LogP contribution in [0, 0.1) is 11.8 Å². The highest BCUT2D eigenvalue weighted by Gasteiger charge is 2.28. The quantitative estimate of drug-likeness (QED) is 0.788. The molecule has 1 unspecified atom stereocenters. The number of rotatable bonds is 2. The van der Waals surface area contributed by atoms with Gasteiger partial charge in [-0.1, -0.05) is 36.1 Å². The SMILES string of the molecule is CCOC(=O)N1C=CC=C(C(C)=O)C1C#Cc1ccccc1. The van der Waals surface area contributed by atoms with Crippen molar-refractivity contribution >= 4 is 11.9 Å². The molecule has 1 aliphatic heterocycles. The van der Waals surface area contributed by atoms with Crippen molar-refractivity contribution in [3.05, 3.63) is 59.8 Å². The fraction of sp³-hybridized carbons (Fsp3) is 0.222. The van der Waals surface area contributed by atoms with Crippen LogP contribution in [0.4, 0.5) is 4.79 Å². The number of hydrogen-bond acceptors (Lipinski definition) is 3. The maximum absolute atomic E-state index is 12.0. The van der Waals surface area contributed by atoms with E-state index in [1.807, 2.05) is 30.3 Å². The lowest BCUT2D eigenvalue weighted by molar-refractivity contribution is -0.114. The first kappa shape index (κ1) is 15.6. The van der Waals surface area contributed by atoms with Crippen molar-refractivity contribution in [2.75, 3.05) is 6.61 Å². The number of allylic oxidation sites excluding steroid dienone is 2. The van der Waals surface area contributed by atoms with Gasteiger partial charge in [0.1, 0.15) is 6.04 Å². The highest BCUT2D eigenvalue weighted by Crippen LogP contribution is 2.18. The highest BCUT2D eigenvalue weighted by molar-refractivity contribution is 5.96. The molecule has 0 spiro atoms. The van der Waals surface area contributed by atoms with Crippen LogP contribution in [0.1, 0.15) is 19.4 Å². The molecule has 0 aromatic heterocycles. The zero-order valence-electron chi connectivity index (χ0n) is 12.6. The van der Waals surface area contributed by atoms with E-state index in [0.717, 1.165) is 5.56 Å². The smallest absolute Gasteiger partial charge is 0.415 e. The highest BCUT2D eigenvalue weighted by atomic mass is 16.6. The second-order valence-corrected chi connectivity index (χ2v) is 4.66. The summed E-state index contributed by atoms with van der Waals surface area (Å²) in [5.41, 5.74) is 1.29. The number of Topliss-reactive ketones (excluding diaryl/α,β-unsaturated/α-hetero) is 1. The maximum atomic E-state index is 12.0. The minimum atomic E-state index is -0.637. The van der Waals surface area contributed by atoms with Gasteiger partial charge in [0.25, 0.3) is 0 Å². The van der Waals surface area contributed by atoms with Crippen molar-refractivity contribution in [1.29, 1.82) is 0 Å². The predicted octanol–water partition coefficient (Wildman–Crippen LogP) is 2.91.